The molecule has 30 heavy (non-hydrogen) atoms. The third kappa shape index (κ3) is 3.97. The van der Waals surface area contributed by atoms with Crippen LogP contribution in [0.25, 0.3) is 10.2 Å². The minimum absolute atomic E-state index is 0.0159. The van der Waals surface area contributed by atoms with Gasteiger partial charge in [-0.25, -0.2) is 4.98 Å². The molecule has 1 saturated carbocycles. The van der Waals surface area contributed by atoms with E-state index in [0.717, 1.165) is 52.8 Å². The van der Waals surface area contributed by atoms with Crippen molar-refractivity contribution in [1.82, 2.24) is 4.98 Å². The Balaban J connectivity index is 1.76. The van der Waals surface area contributed by atoms with Crippen LogP contribution in [0.1, 0.15) is 53.0 Å². The number of nitrogens with zero attached hydrogens (tertiary/aromatic N) is 2. The first-order valence-corrected chi connectivity index (χ1v) is 11.3. The average Bonchev–Trinajstić information content (AvgIpc) is 3.12. The number of amides is 2. The summed E-state index contributed by atoms with van der Waals surface area (Å²) in [6, 6.07) is 11.5. The largest absolute Gasteiger partial charge is 0.324 e. The number of hydrogen-bond acceptors (Lipinski definition) is 4. The number of pyridine rings is 1. The molecule has 6 heteroatoms. The molecule has 0 unspecified atom stereocenters. The van der Waals surface area contributed by atoms with Crippen molar-refractivity contribution in [3.05, 3.63) is 52.5 Å². The summed E-state index contributed by atoms with van der Waals surface area (Å²) >= 11 is 1.35. The van der Waals surface area contributed by atoms with Gasteiger partial charge in [-0.1, -0.05) is 37.5 Å². The molecule has 4 rings (SSSR count). The molecule has 3 aromatic rings. The zero-order chi connectivity index (χ0) is 21.3. The highest BCUT2D eigenvalue weighted by atomic mass is 32.1. The number of anilines is 2. The molecule has 2 aromatic heterocycles. The number of nitrogens with one attached hydrogen (secondary N) is 1. The van der Waals surface area contributed by atoms with Gasteiger partial charge in [-0.15, -0.1) is 11.3 Å². The highest BCUT2D eigenvalue weighted by molar-refractivity contribution is 7.21. The van der Waals surface area contributed by atoms with Crippen LogP contribution < -0.4 is 10.2 Å². The van der Waals surface area contributed by atoms with Crippen molar-refractivity contribution in [2.75, 3.05) is 17.3 Å². The molecule has 0 saturated heterocycles. The molecule has 0 radical (unpaired) electrons. The van der Waals surface area contributed by atoms with Crippen molar-refractivity contribution in [2.45, 2.75) is 46.0 Å². The first-order chi connectivity index (χ1) is 14.5. The summed E-state index contributed by atoms with van der Waals surface area (Å²) in [4.78, 5) is 34.1. The lowest BCUT2D eigenvalue weighted by Gasteiger charge is -2.22. The fourth-order valence-corrected chi connectivity index (χ4v) is 5.45. The molecule has 1 aliphatic rings. The number of aryl methyl sites for hydroxylation is 2. The zero-order valence-electron chi connectivity index (χ0n) is 17.7. The van der Waals surface area contributed by atoms with Crippen molar-refractivity contribution in [3.8, 4) is 0 Å². The molecule has 1 aliphatic carbocycles. The summed E-state index contributed by atoms with van der Waals surface area (Å²) in [5.74, 6) is -0.104. The van der Waals surface area contributed by atoms with E-state index < -0.39 is 0 Å². The molecule has 2 amide bonds. The van der Waals surface area contributed by atoms with Crippen molar-refractivity contribution in [3.63, 3.8) is 0 Å². The van der Waals surface area contributed by atoms with E-state index in [9.17, 15) is 9.59 Å². The van der Waals surface area contributed by atoms with Gasteiger partial charge in [-0.05, 0) is 50.5 Å². The third-order valence-corrected chi connectivity index (χ3v) is 6.93. The van der Waals surface area contributed by atoms with Gasteiger partial charge < -0.3 is 10.2 Å². The van der Waals surface area contributed by atoms with Crippen LogP contribution in [0.4, 0.5) is 11.4 Å². The number of para-hydroxylation sites is 1. The standard InChI is InChI=1S/C24H27N3O2S/c1-15-14-16(2)25-23-19(15)20(26-22(28)17-10-6-4-7-11-17)21(30-23)24(29)27(3)18-12-8-5-9-13-18/h5,8-9,12-14,17H,4,6-7,10-11H2,1-3H3,(H,26,28). The maximum Gasteiger partial charge on any atom is 0.270 e. The number of benzene rings is 1. The van der Waals surface area contributed by atoms with Crippen LogP contribution in [0, 0.1) is 19.8 Å². The molecular formula is C24H27N3O2S. The molecule has 0 aliphatic heterocycles. The predicted molar refractivity (Wildman–Crippen MR) is 123 cm³/mol. The molecular weight excluding hydrogens is 394 g/mol. The molecule has 0 bridgehead atoms. The Kier molecular flexibility index (Phi) is 5.86. The van der Waals surface area contributed by atoms with E-state index in [1.165, 1.54) is 17.8 Å². The van der Waals surface area contributed by atoms with Crippen LogP contribution >= 0.6 is 11.3 Å². The van der Waals surface area contributed by atoms with E-state index in [1.54, 1.807) is 11.9 Å². The summed E-state index contributed by atoms with van der Waals surface area (Å²) in [6.07, 6.45) is 5.20. The first kappa shape index (κ1) is 20.5. The Morgan fingerprint density at radius 3 is 2.50 bits per heavy atom. The molecule has 156 valence electrons. The van der Waals surface area contributed by atoms with Crippen LogP contribution in [-0.2, 0) is 4.79 Å². The zero-order valence-corrected chi connectivity index (χ0v) is 18.5. The second kappa shape index (κ2) is 8.56. The van der Waals surface area contributed by atoms with Crippen LogP contribution in [0.5, 0.6) is 0 Å². The van der Waals surface area contributed by atoms with E-state index in [2.05, 4.69) is 10.3 Å². The van der Waals surface area contributed by atoms with E-state index in [1.807, 2.05) is 50.2 Å². The molecule has 2 heterocycles. The van der Waals surface area contributed by atoms with E-state index >= 15 is 0 Å². The normalized spacial score (nSPS) is 14.6. The summed E-state index contributed by atoms with van der Waals surface area (Å²) in [5, 5.41) is 4.01. The number of aromatic nitrogens is 1. The predicted octanol–water partition coefficient (Wildman–Crippen LogP) is 5.71. The van der Waals surface area contributed by atoms with Crippen LogP contribution in [0.3, 0.4) is 0 Å². The van der Waals surface area contributed by atoms with E-state index in [0.29, 0.717) is 10.6 Å². The number of hydrogen-bond donors (Lipinski definition) is 1. The third-order valence-electron chi connectivity index (χ3n) is 5.85. The van der Waals surface area contributed by atoms with E-state index in [4.69, 9.17) is 0 Å². The van der Waals surface area contributed by atoms with Gasteiger partial charge in [-0.2, -0.15) is 0 Å². The number of thiophene rings is 1. The minimum atomic E-state index is -0.139. The number of rotatable bonds is 4. The highest BCUT2D eigenvalue weighted by Crippen LogP contribution is 2.39. The first-order valence-electron chi connectivity index (χ1n) is 10.5. The Bertz CT molecular complexity index is 1080. The SMILES string of the molecule is Cc1cc(C)c2c(NC(=O)C3CCCCC3)c(C(=O)N(C)c3ccccc3)sc2n1. The smallest absolute Gasteiger partial charge is 0.270 e. The molecule has 1 N–H and O–H groups in total. The fraction of sp³-hybridized carbons (Fsp3) is 0.375. The van der Waals surface area contributed by atoms with Crippen molar-refractivity contribution < 1.29 is 9.59 Å². The van der Waals surface area contributed by atoms with Gasteiger partial charge in [0.1, 0.15) is 9.71 Å². The maximum atomic E-state index is 13.4. The van der Waals surface area contributed by atoms with Crippen LogP contribution in [0.2, 0.25) is 0 Å². The van der Waals surface area contributed by atoms with Gasteiger partial charge in [0.15, 0.2) is 0 Å². The van der Waals surface area contributed by atoms with Gasteiger partial charge in [0.2, 0.25) is 5.91 Å². The number of carbonyl (C=O) groups excluding carboxylic acids is 2. The van der Waals surface area contributed by atoms with Gasteiger partial charge in [0.05, 0.1) is 5.69 Å². The average molecular weight is 422 g/mol. The monoisotopic (exact) mass is 421 g/mol. The lowest BCUT2D eigenvalue weighted by Crippen LogP contribution is -2.28. The maximum absolute atomic E-state index is 13.4. The molecule has 5 nitrogen and oxygen atoms in total. The lowest BCUT2D eigenvalue weighted by molar-refractivity contribution is -0.120. The topological polar surface area (TPSA) is 62.3 Å². The summed E-state index contributed by atoms with van der Waals surface area (Å²) in [6.45, 7) is 3.96. The summed E-state index contributed by atoms with van der Waals surface area (Å²) in [7, 11) is 1.76. The summed E-state index contributed by atoms with van der Waals surface area (Å²) in [5.41, 5.74) is 3.35. The van der Waals surface area contributed by atoms with Gasteiger partial charge >= 0.3 is 0 Å². The molecule has 0 atom stereocenters. The molecule has 0 spiro atoms. The van der Waals surface area contributed by atoms with Crippen molar-refractivity contribution in [1.29, 1.82) is 0 Å². The van der Waals surface area contributed by atoms with Crippen molar-refractivity contribution in [2.24, 2.45) is 5.92 Å². The van der Waals surface area contributed by atoms with Crippen LogP contribution in [-0.4, -0.2) is 23.8 Å². The van der Waals surface area contributed by atoms with Gasteiger partial charge in [0, 0.05) is 29.7 Å². The van der Waals surface area contributed by atoms with Crippen molar-refractivity contribution >= 4 is 44.7 Å². The fourth-order valence-electron chi connectivity index (χ4n) is 4.22. The highest BCUT2D eigenvalue weighted by Gasteiger charge is 2.28. The Morgan fingerprint density at radius 2 is 1.80 bits per heavy atom. The quantitative estimate of drug-likeness (QED) is 0.587. The molecule has 1 aromatic carbocycles. The Labute approximate surface area is 181 Å². The minimum Gasteiger partial charge on any atom is -0.324 e. The number of fused-ring (bicyclic) bond motifs is 1. The van der Waals surface area contributed by atoms with Gasteiger partial charge in [0.25, 0.3) is 5.91 Å². The molecule has 1 fully saturated rings. The second-order valence-corrected chi connectivity index (χ2v) is 9.09. The van der Waals surface area contributed by atoms with Crippen LogP contribution in [0.15, 0.2) is 36.4 Å². The Morgan fingerprint density at radius 1 is 1.10 bits per heavy atom. The van der Waals surface area contributed by atoms with E-state index in [-0.39, 0.29) is 17.7 Å². The van der Waals surface area contributed by atoms with Gasteiger partial charge in [-0.3, -0.25) is 9.59 Å². The number of carbonyl (C=O) groups is 2. The summed E-state index contributed by atoms with van der Waals surface area (Å²) < 4.78 is 0. The lowest BCUT2D eigenvalue weighted by atomic mass is 9.88. The Hall–Kier alpha value is -2.73. The second-order valence-electron chi connectivity index (χ2n) is 8.09.